The van der Waals surface area contributed by atoms with Crippen LogP contribution in [0.3, 0.4) is 0 Å². The Hall–Kier alpha value is -3.85. The highest BCUT2D eigenvalue weighted by Gasteiger charge is 2.29. The van der Waals surface area contributed by atoms with Crippen molar-refractivity contribution >= 4 is 34.9 Å². The van der Waals surface area contributed by atoms with Gasteiger partial charge in [0.05, 0.1) is 10.7 Å². The van der Waals surface area contributed by atoms with E-state index in [2.05, 4.69) is 4.98 Å². The van der Waals surface area contributed by atoms with Gasteiger partial charge in [-0.05, 0) is 43.2 Å². The second kappa shape index (κ2) is 9.79. The van der Waals surface area contributed by atoms with Gasteiger partial charge in [0.25, 0.3) is 11.8 Å². The summed E-state index contributed by atoms with van der Waals surface area (Å²) in [4.78, 5) is 45.5. The monoisotopic (exact) mass is 495 g/mol. The highest BCUT2D eigenvalue weighted by Crippen LogP contribution is 2.34. The highest BCUT2D eigenvalue weighted by molar-refractivity contribution is 6.32. The summed E-state index contributed by atoms with van der Waals surface area (Å²) in [6.45, 7) is 1.02. The Morgan fingerprint density at radius 3 is 2.71 bits per heavy atom. The third kappa shape index (κ3) is 4.85. The van der Waals surface area contributed by atoms with E-state index in [-0.39, 0.29) is 48.9 Å². The number of hydrogen-bond acceptors (Lipinski definition) is 7. The van der Waals surface area contributed by atoms with Crippen molar-refractivity contribution in [2.75, 3.05) is 31.2 Å². The van der Waals surface area contributed by atoms with Crippen LogP contribution in [0.2, 0.25) is 5.02 Å². The van der Waals surface area contributed by atoms with Crippen molar-refractivity contribution in [2.45, 2.75) is 19.4 Å². The molecule has 0 unspecified atom stereocenters. The minimum absolute atomic E-state index is 0.00373. The molecule has 2 amide bonds. The fourth-order valence-corrected chi connectivity index (χ4v) is 4.23. The molecule has 1 saturated heterocycles. The molecule has 35 heavy (non-hydrogen) atoms. The maximum absolute atomic E-state index is 12.8. The van der Waals surface area contributed by atoms with Crippen LogP contribution in [0, 0.1) is 0 Å². The average Bonchev–Trinajstić information content (AvgIpc) is 3.57. The standard InChI is InChI=1S/C25H22ClN3O6/c26-17-5-1-2-6-21(17)33-14-20(30)16-7-8-22-19(11-16)29(24(31)15-34-22)12-23-27-18(13-35-23)25(32)28-9-3-4-10-28/h1-2,5-8,11,13H,3-4,9-10,12,14-15H2. The number of fused-ring (bicyclic) bond motifs is 1. The number of oxazole rings is 1. The number of aromatic nitrogens is 1. The Bertz CT molecular complexity index is 1280. The number of rotatable bonds is 7. The number of ether oxygens (including phenoxy) is 2. The van der Waals surface area contributed by atoms with Gasteiger partial charge in [0.1, 0.15) is 24.3 Å². The zero-order valence-corrected chi connectivity index (χ0v) is 19.5. The molecule has 2 aromatic carbocycles. The van der Waals surface area contributed by atoms with Gasteiger partial charge in [0, 0.05) is 18.7 Å². The van der Waals surface area contributed by atoms with E-state index in [0.29, 0.717) is 40.9 Å². The lowest BCUT2D eigenvalue weighted by atomic mass is 10.1. The fourth-order valence-electron chi connectivity index (χ4n) is 4.04. The van der Waals surface area contributed by atoms with Gasteiger partial charge in [-0.3, -0.25) is 19.3 Å². The van der Waals surface area contributed by atoms with Crippen LogP contribution in [-0.2, 0) is 11.3 Å². The van der Waals surface area contributed by atoms with E-state index in [4.69, 9.17) is 25.5 Å². The average molecular weight is 496 g/mol. The Labute approximate surface area is 206 Å². The molecule has 1 aromatic heterocycles. The molecule has 1 fully saturated rings. The Morgan fingerprint density at radius 2 is 1.91 bits per heavy atom. The van der Waals surface area contributed by atoms with Crippen LogP contribution in [0.1, 0.15) is 39.6 Å². The number of Topliss-reactive ketones (excluding diaryl/α,β-unsaturated/α-hetero) is 1. The first-order valence-corrected chi connectivity index (χ1v) is 11.6. The molecule has 0 N–H and O–H groups in total. The van der Waals surface area contributed by atoms with E-state index in [0.717, 1.165) is 12.8 Å². The molecule has 0 saturated carbocycles. The third-order valence-corrected chi connectivity index (χ3v) is 6.19. The van der Waals surface area contributed by atoms with Crippen LogP contribution in [0.5, 0.6) is 11.5 Å². The normalized spacial score (nSPS) is 15.1. The third-order valence-electron chi connectivity index (χ3n) is 5.88. The van der Waals surface area contributed by atoms with Gasteiger partial charge < -0.3 is 18.8 Å². The summed E-state index contributed by atoms with van der Waals surface area (Å²) in [5.74, 6) is 0.280. The van der Waals surface area contributed by atoms with Crippen LogP contribution in [0.4, 0.5) is 5.69 Å². The van der Waals surface area contributed by atoms with E-state index in [1.807, 2.05) is 0 Å². The second-order valence-electron chi connectivity index (χ2n) is 8.22. The minimum atomic E-state index is -0.319. The summed E-state index contributed by atoms with van der Waals surface area (Å²) < 4.78 is 16.6. The molecule has 0 spiro atoms. The summed E-state index contributed by atoms with van der Waals surface area (Å²) in [6, 6.07) is 11.7. The number of ketones is 1. The molecule has 9 nitrogen and oxygen atoms in total. The van der Waals surface area contributed by atoms with Gasteiger partial charge in [-0.15, -0.1) is 0 Å². The topological polar surface area (TPSA) is 102 Å². The number of halogens is 1. The highest BCUT2D eigenvalue weighted by atomic mass is 35.5. The molecule has 3 aromatic rings. The van der Waals surface area contributed by atoms with Crippen molar-refractivity contribution in [1.29, 1.82) is 0 Å². The first kappa shape index (κ1) is 22.9. The van der Waals surface area contributed by atoms with Gasteiger partial charge in [-0.25, -0.2) is 4.98 Å². The molecular formula is C25H22ClN3O6. The number of nitrogens with zero attached hydrogens (tertiary/aromatic N) is 3. The van der Waals surface area contributed by atoms with Crippen molar-refractivity contribution in [2.24, 2.45) is 0 Å². The van der Waals surface area contributed by atoms with Crippen molar-refractivity contribution in [1.82, 2.24) is 9.88 Å². The summed E-state index contributed by atoms with van der Waals surface area (Å²) in [5, 5.41) is 0.407. The zero-order chi connectivity index (χ0) is 24.4. The minimum Gasteiger partial charge on any atom is -0.484 e. The lowest BCUT2D eigenvalue weighted by Gasteiger charge is -2.28. The summed E-state index contributed by atoms with van der Waals surface area (Å²) in [5.41, 5.74) is 0.968. The smallest absolute Gasteiger partial charge is 0.275 e. The Kier molecular flexibility index (Phi) is 6.41. The number of amides is 2. The lowest BCUT2D eigenvalue weighted by Crippen LogP contribution is -2.38. The van der Waals surface area contributed by atoms with Crippen molar-refractivity contribution < 1.29 is 28.3 Å². The van der Waals surface area contributed by atoms with Crippen molar-refractivity contribution in [3.63, 3.8) is 0 Å². The molecule has 5 rings (SSSR count). The van der Waals surface area contributed by atoms with E-state index < -0.39 is 0 Å². The van der Waals surface area contributed by atoms with Crippen LogP contribution in [0.15, 0.2) is 53.1 Å². The largest absolute Gasteiger partial charge is 0.484 e. The van der Waals surface area contributed by atoms with E-state index in [9.17, 15) is 14.4 Å². The van der Waals surface area contributed by atoms with E-state index >= 15 is 0 Å². The molecule has 180 valence electrons. The lowest BCUT2D eigenvalue weighted by molar-refractivity contribution is -0.121. The number of likely N-dealkylation sites (tertiary alicyclic amines) is 1. The maximum atomic E-state index is 12.8. The summed E-state index contributed by atoms with van der Waals surface area (Å²) in [6.07, 6.45) is 3.26. The Morgan fingerprint density at radius 1 is 1.11 bits per heavy atom. The molecule has 2 aliphatic heterocycles. The molecule has 0 bridgehead atoms. The second-order valence-corrected chi connectivity index (χ2v) is 8.63. The molecule has 3 heterocycles. The number of carbonyl (C=O) groups excluding carboxylic acids is 3. The fraction of sp³-hybridized carbons (Fsp3) is 0.280. The maximum Gasteiger partial charge on any atom is 0.275 e. The van der Waals surface area contributed by atoms with E-state index in [1.54, 1.807) is 47.4 Å². The summed E-state index contributed by atoms with van der Waals surface area (Å²) >= 11 is 6.08. The van der Waals surface area contributed by atoms with Crippen LogP contribution in [0.25, 0.3) is 0 Å². The first-order chi connectivity index (χ1) is 17.0. The molecular weight excluding hydrogens is 474 g/mol. The number of para-hydroxylation sites is 1. The molecule has 0 radical (unpaired) electrons. The molecule has 0 aliphatic carbocycles. The van der Waals surface area contributed by atoms with E-state index in [1.165, 1.54) is 11.2 Å². The summed E-state index contributed by atoms with van der Waals surface area (Å²) in [7, 11) is 0. The van der Waals surface area contributed by atoms with Crippen LogP contribution >= 0.6 is 11.6 Å². The van der Waals surface area contributed by atoms with Gasteiger partial charge in [-0.2, -0.15) is 0 Å². The van der Waals surface area contributed by atoms with Gasteiger partial charge in [-0.1, -0.05) is 23.7 Å². The number of carbonyl (C=O) groups is 3. The number of anilines is 1. The van der Waals surface area contributed by atoms with Gasteiger partial charge in [0.15, 0.2) is 24.7 Å². The number of hydrogen-bond donors (Lipinski definition) is 0. The van der Waals surface area contributed by atoms with Crippen LogP contribution in [-0.4, -0.2) is 53.8 Å². The Balaban J connectivity index is 1.32. The molecule has 0 atom stereocenters. The van der Waals surface area contributed by atoms with Gasteiger partial charge in [0.2, 0.25) is 5.89 Å². The quantitative estimate of drug-likeness (QED) is 0.460. The first-order valence-electron chi connectivity index (χ1n) is 11.2. The predicted octanol–water partition coefficient (Wildman–Crippen LogP) is 3.75. The molecule has 10 heteroatoms. The van der Waals surface area contributed by atoms with Crippen molar-refractivity contribution in [3.8, 4) is 11.5 Å². The van der Waals surface area contributed by atoms with Crippen molar-refractivity contribution in [3.05, 3.63) is 70.9 Å². The van der Waals surface area contributed by atoms with Gasteiger partial charge >= 0.3 is 0 Å². The van der Waals surface area contributed by atoms with Crippen LogP contribution < -0.4 is 14.4 Å². The number of benzene rings is 2. The zero-order valence-electron chi connectivity index (χ0n) is 18.7. The molecule has 2 aliphatic rings. The SMILES string of the molecule is O=C(COc1ccccc1Cl)c1ccc2c(c1)N(Cc1nc(C(=O)N3CCCC3)co1)C(=O)CO2. The predicted molar refractivity (Wildman–Crippen MR) is 126 cm³/mol.